The molecule has 0 aromatic heterocycles. The van der Waals surface area contributed by atoms with E-state index in [2.05, 4.69) is 5.32 Å². The fraction of sp³-hybridized carbons (Fsp3) is 0.462. The van der Waals surface area contributed by atoms with Crippen LogP contribution in [0.3, 0.4) is 0 Å². The van der Waals surface area contributed by atoms with E-state index < -0.39 is 4.92 Å². The summed E-state index contributed by atoms with van der Waals surface area (Å²) >= 11 is 5.99. The Morgan fingerprint density at radius 2 is 2.20 bits per heavy atom. The SMILES string of the molecule is CCN(C)C(=O)C(C)NCc1ccc([N+](=O)[O-])cc1Cl. The van der Waals surface area contributed by atoms with E-state index in [1.165, 1.54) is 12.1 Å². The van der Waals surface area contributed by atoms with Crippen LogP contribution < -0.4 is 5.32 Å². The van der Waals surface area contributed by atoms with Gasteiger partial charge in [0.05, 0.1) is 16.0 Å². The lowest BCUT2D eigenvalue weighted by Crippen LogP contribution is -2.42. The van der Waals surface area contributed by atoms with E-state index in [0.717, 1.165) is 5.56 Å². The number of amides is 1. The zero-order valence-corrected chi connectivity index (χ0v) is 12.5. The maximum absolute atomic E-state index is 11.9. The van der Waals surface area contributed by atoms with Crippen LogP contribution in [0.4, 0.5) is 5.69 Å². The van der Waals surface area contributed by atoms with E-state index in [1.54, 1.807) is 24.9 Å². The Labute approximate surface area is 122 Å². The third-order valence-electron chi connectivity index (χ3n) is 3.07. The van der Waals surface area contributed by atoms with Gasteiger partial charge in [0.25, 0.3) is 5.69 Å². The molecule has 110 valence electrons. The number of carbonyl (C=O) groups excluding carboxylic acids is 1. The summed E-state index contributed by atoms with van der Waals surface area (Å²) in [6.07, 6.45) is 0. The van der Waals surface area contributed by atoms with Crippen molar-refractivity contribution in [1.82, 2.24) is 10.2 Å². The van der Waals surface area contributed by atoms with Gasteiger partial charge in [-0.2, -0.15) is 0 Å². The number of halogens is 1. The van der Waals surface area contributed by atoms with Crippen molar-refractivity contribution in [2.45, 2.75) is 26.4 Å². The van der Waals surface area contributed by atoms with Gasteiger partial charge >= 0.3 is 0 Å². The van der Waals surface area contributed by atoms with Crippen molar-refractivity contribution in [3.05, 3.63) is 38.9 Å². The minimum atomic E-state index is -0.495. The molecule has 20 heavy (non-hydrogen) atoms. The summed E-state index contributed by atoms with van der Waals surface area (Å²) in [6, 6.07) is 3.96. The normalized spacial score (nSPS) is 12.0. The van der Waals surface area contributed by atoms with E-state index in [9.17, 15) is 14.9 Å². The molecule has 1 aromatic carbocycles. The number of hydrogen-bond acceptors (Lipinski definition) is 4. The summed E-state index contributed by atoms with van der Waals surface area (Å²) in [7, 11) is 1.74. The molecule has 6 nitrogen and oxygen atoms in total. The van der Waals surface area contributed by atoms with Crippen molar-refractivity contribution in [3.63, 3.8) is 0 Å². The Bertz CT molecular complexity index is 508. The third-order valence-corrected chi connectivity index (χ3v) is 3.42. The molecule has 0 aliphatic rings. The van der Waals surface area contributed by atoms with Crippen LogP contribution in [0, 0.1) is 10.1 Å². The van der Waals surface area contributed by atoms with Crippen LogP contribution in [-0.2, 0) is 11.3 Å². The van der Waals surface area contributed by atoms with Crippen LogP contribution in [0.1, 0.15) is 19.4 Å². The molecular weight excluding hydrogens is 282 g/mol. The second kappa shape index (κ2) is 7.21. The number of nitro benzene ring substituents is 1. The van der Waals surface area contributed by atoms with Gasteiger partial charge in [0.1, 0.15) is 0 Å². The minimum Gasteiger partial charge on any atom is -0.345 e. The van der Waals surface area contributed by atoms with Crippen molar-refractivity contribution in [2.75, 3.05) is 13.6 Å². The number of nitrogens with one attached hydrogen (secondary N) is 1. The highest BCUT2D eigenvalue weighted by Gasteiger charge is 2.16. The van der Waals surface area contributed by atoms with Crippen LogP contribution in [0.2, 0.25) is 5.02 Å². The van der Waals surface area contributed by atoms with E-state index >= 15 is 0 Å². The fourth-order valence-corrected chi connectivity index (χ4v) is 1.87. The van der Waals surface area contributed by atoms with Crippen LogP contribution in [-0.4, -0.2) is 35.4 Å². The Morgan fingerprint density at radius 1 is 1.55 bits per heavy atom. The number of benzene rings is 1. The molecular formula is C13H18ClN3O3. The maximum atomic E-state index is 11.9. The molecule has 0 radical (unpaired) electrons. The lowest BCUT2D eigenvalue weighted by Gasteiger charge is -2.20. The Kier molecular flexibility index (Phi) is 5.91. The Morgan fingerprint density at radius 3 is 2.70 bits per heavy atom. The molecule has 0 saturated heterocycles. The third kappa shape index (κ3) is 4.18. The summed E-state index contributed by atoms with van der Waals surface area (Å²) in [5.41, 5.74) is 0.671. The highest BCUT2D eigenvalue weighted by Crippen LogP contribution is 2.22. The number of nitro groups is 1. The van der Waals surface area contributed by atoms with Crippen molar-refractivity contribution in [1.29, 1.82) is 0 Å². The Hall–Kier alpha value is -1.66. The van der Waals surface area contributed by atoms with Gasteiger partial charge in [0.2, 0.25) is 5.91 Å². The number of nitrogens with zero attached hydrogens (tertiary/aromatic N) is 2. The van der Waals surface area contributed by atoms with Crippen molar-refractivity contribution >= 4 is 23.2 Å². The lowest BCUT2D eigenvalue weighted by atomic mass is 10.2. The highest BCUT2D eigenvalue weighted by molar-refractivity contribution is 6.31. The molecule has 0 aliphatic heterocycles. The van der Waals surface area contributed by atoms with Crippen molar-refractivity contribution in [3.8, 4) is 0 Å². The zero-order chi connectivity index (χ0) is 15.3. The van der Waals surface area contributed by atoms with Gasteiger partial charge in [-0.1, -0.05) is 11.6 Å². The van der Waals surface area contributed by atoms with Crippen molar-refractivity contribution < 1.29 is 9.72 Å². The number of likely N-dealkylation sites (N-methyl/N-ethyl adjacent to an activating group) is 1. The average Bonchev–Trinajstić information content (AvgIpc) is 2.43. The van der Waals surface area contributed by atoms with Crippen LogP contribution in [0.15, 0.2) is 18.2 Å². The molecule has 0 bridgehead atoms. The predicted octanol–water partition coefficient (Wildman–Crippen LogP) is 2.20. The topological polar surface area (TPSA) is 75.5 Å². The van der Waals surface area contributed by atoms with Gasteiger partial charge in [-0.25, -0.2) is 0 Å². The molecule has 0 saturated carbocycles. The number of non-ortho nitro benzene ring substituents is 1. The maximum Gasteiger partial charge on any atom is 0.270 e. The highest BCUT2D eigenvalue weighted by atomic mass is 35.5. The van der Waals surface area contributed by atoms with Gasteiger partial charge in [0.15, 0.2) is 0 Å². The zero-order valence-electron chi connectivity index (χ0n) is 11.7. The molecule has 0 aliphatic carbocycles. The van der Waals surface area contributed by atoms with Crippen LogP contribution >= 0.6 is 11.6 Å². The molecule has 0 heterocycles. The number of hydrogen-bond donors (Lipinski definition) is 1. The second-order valence-corrected chi connectivity index (χ2v) is 4.90. The molecule has 7 heteroatoms. The monoisotopic (exact) mass is 299 g/mol. The molecule has 0 spiro atoms. The van der Waals surface area contributed by atoms with Crippen LogP contribution in [0.5, 0.6) is 0 Å². The lowest BCUT2D eigenvalue weighted by molar-refractivity contribution is -0.384. The van der Waals surface area contributed by atoms with E-state index in [0.29, 0.717) is 18.1 Å². The van der Waals surface area contributed by atoms with E-state index in [4.69, 9.17) is 11.6 Å². The minimum absolute atomic E-state index is 0.00876. The van der Waals surface area contributed by atoms with Crippen LogP contribution in [0.25, 0.3) is 0 Å². The van der Waals surface area contributed by atoms with Gasteiger partial charge in [-0.3, -0.25) is 14.9 Å². The Balaban J connectivity index is 2.66. The molecule has 0 fully saturated rings. The molecule has 1 amide bonds. The molecule has 1 rings (SSSR count). The van der Waals surface area contributed by atoms with E-state index in [-0.39, 0.29) is 17.6 Å². The first-order valence-electron chi connectivity index (χ1n) is 6.28. The summed E-state index contributed by atoms with van der Waals surface area (Å²) in [5.74, 6) is -0.00876. The first-order valence-corrected chi connectivity index (χ1v) is 6.65. The predicted molar refractivity (Wildman–Crippen MR) is 77.7 cm³/mol. The quantitative estimate of drug-likeness (QED) is 0.645. The van der Waals surface area contributed by atoms with Gasteiger partial charge in [-0.15, -0.1) is 0 Å². The molecule has 1 aromatic rings. The largest absolute Gasteiger partial charge is 0.345 e. The smallest absolute Gasteiger partial charge is 0.270 e. The number of carbonyl (C=O) groups is 1. The second-order valence-electron chi connectivity index (χ2n) is 4.49. The van der Waals surface area contributed by atoms with Gasteiger partial charge < -0.3 is 10.2 Å². The van der Waals surface area contributed by atoms with Crippen molar-refractivity contribution in [2.24, 2.45) is 0 Å². The summed E-state index contributed by atoms with van der Waals surface area (Å²) < 4.78 is 0. The molecule has 1 atom stereocenters. The standard InChI is InChI=1S/C13H18ClN3O3/c1-4-16(3)13(18)9(2)15-8-10-5-6-11(17(19)20)7-12(10)14/h5-7,9,15H,4,8H2,1-3H3. The van der Waals surface area contributed by atoms with Gasteiger partial charge in [0, 0.05) is 32.3 Å². The summed E-state index contributed by atoms with van der Waals surface area (Å²) in [4.78, 5) is 23.6. The summed E-state index contributed by atoms with van der Waals surface area (Å²) in [6.45, 7) is 4.69. The van der Waals surface area contributed by atoms with Gasteiger partial charge in [-0.05, 0) is 25.5 Å². The average molecular weight is 300 g/mol. The first-order chi connectivity index (χ1) is 9.36. The summed E-state index contributed by atoms with van der Waals surface area (Å²) in [5, 5.41) is 14.0. The first kappa shape index (κ1) is 16.4. The molecule has 1 N–H and O–H groups in total. The number of rotatable bonds is 6. The molecule has 1 unspecified atom stereocenters. The fourth-order valence-electron chi connectivity index (χ4n) is 1.63. The van der Waals surface area contributed by atoms with E-state index in [1.807, 2.05) is 6.92 Å².